The molecule has 0 amide bonds. The SMILES string of the molecule is FC(Cc1csnn1)C1CCCN1. The average molecular weight is 201 g/mol. The van der Waals surface area contributed by atoms with Gasteiger partial charge in [0, 0.05) is 17.8 Å². The molecule has 1 saturated heterocycles. The molecule has 2 heterocycles. The predicted molar refractivity (Wildman–Crippen MR) is 49.5 cm³/mol. The van der Waals surface area contributed by atoms with Gasteiger partial charge in [0.1, 0.15) is 6.17 Å². The van der Waals surface area contributed by atoms with E-state index in [0.717, 1.165) is 25.1 Å². The van der Waals surface area contributed by atoms with Gasteiger partial charge >= 0.3 is 0 Å². The van der Waals surface area contributed by atoms with Gasteiger partial charge in [0.05, 0.1) is 5.69 Å². The summed E-state index contributed by atoms with van der Waals surface area (Å²) in [4.78, 5) is 0. The van der Waals surface area contributed by atoms with Crippen molar-refractivity contribution < 1.29 is 4.39 Å². The van der Waals surface area contributed by atoms with Gasteiger partial charge in [-0.15, -0.1) is 5.10 Å². The van der Waals surface area contributed by atoms with Crippen LogP contribution in [0.25, 0.3) is 0 Å². The van der Waals surface area contributed by atoms with E-state index in [0.29, 0.717) is 6.42 Å². The highest BCUT2D eigenvalue weighted by atomic mass is 32.1. The number of alkyl halides is 1. The lowest BCUT2D eigenvalue weighted by molar-refractivity contribution is 0.262. The van der Waals surface area contributed by atoms with Gasteiger partial charge in [-0.1, -0.05) is 4.49 Å². The Morgan fingerprint density at radius 3 is 3.31 bits per heavy atom. The first kappa shape index (κ1) is 9.02. The van der Waals surface area contributed by atoms with E-state index in [1.54, 1.807) is 0 Å². The van der Waals surface area contributed by atoms with E-state index in [4.69, 9.17) is 0 Å². The summed E-state index contributed by atoms with van der Waals surface area (Å²) >= 11 is 1.28. The summed E-state index contributed by atoms with van der Waals surface area (Å²) in [5.74, 6) is 0. The Kier molecular flexibility index (Phi) is 2.85. The van der Waals surface area contributed by atoms with Crippen molar-refractivity contribution in [1.82, 2.24) is 14.9 Å². The number of nitrogens with zero attached hydrogens (tertiary/aromatic N) is 2. The Bertz CT molecular complexity index is 246. The first-order chi connectivity index (χ1) is 6.36. The van der Waals surface area contributed by atoms with Crippen molar-refractivity contribution >= 4 is 11.5 Å². The van der Waals surface area contributed by atoms with Gasteiger partial charge in [-0.05, 0) is 30.9 Å². The summed E-state index contributed by atoms with van der Waals surface area (Å²) in [5, 5.41) is 8.78. The molecule has 72 valence electrons. The topological polar surface area (TPSA) is 37.8 Å². The van der Waals surface area contributed by atoms with E-state index in [2.05, 4.69) is 14.9 Å². The largest absolute Gasteiger partial charge is 0.311 e. The minimum absolute atomic E-state index is 0.0294. The summed E-state index contributed by atoms with van der Waals surface area (Å²) in [6.07, 6.45) is 1.61. The number of rotatable bonds is 3. The maximum atomic E-state index is 13.5. The third kappa shape index (κ3) is 2.22. The maximum Gasteiger partial charge on any atom is 0.121 e. The highest BCUT2D eigenvalue weighted by Crippen LogP contribution is 2.15. The van der Waals surface area contributed by atoms with E-state index in [9.17, 15) is 4.39 Å². The van der Waals surface area contributed by atoms with Crippen molar-refractivity contribution in [3.05, 3.63) is 11.1 Å². The molecule has 2 rings (SSSR count). The Morgan fingerprint density at radius 1 is 1.77 bits per heavy atom. The van der Waals surface area contributed by atoms with Crippen LogP contribution in [0, 0.1) is 0 Å². The van der Waals surface area contributed by atoms with Gasteiger partial charge in [-0.2, -0.15) is 0 Å². The molecule has 5 heteroatoms. The Morgan fingerprint density at radius 2 is 2.69 bits per heavy atom. The zero-order valence-corrected chi connectivity index (χ0v) is 8.06. The third-order valence-electron chi connectivity index (χ3n) is 2.34. The summed E-state index contributed by atoms with van der Waals surface area (Å²) in [5.41, 5.74) is 0.770. The number of aromatic nitrogens is 2. The third-order valence-corrected chi connectivity index (χ3v) is 2.90. The molecular formula is C8H12FN3S. The number of halogens is 1. The number of nitrogens with one attached hydrogen (secondary N) is 1. The van der Waals surface area contributed by atoms with Crippen molar-refractivity contribution in [2.75, 3.05) is 6.54 Å². The fraction of sp³-hybridized carbons (Fsp3) is 0.750. The smallest absolute Gasteiger partial charge is 0.121 e. The van der Waals surface area contributed by atoms with Crippen molar-refractivity contribution in [2.24, 2.45) is 0 Å². The summed E-state index contributed by atoms with van der Waals surface area (Å²) in [6.45, 7) is 0.945. The fourth-order valence-electron chi connectivity index (χ4n) is 1.64. The van der Waals surface area contributed by atoms with Crippen LogP contribution in [0.5, 0.6) is 0 Å². The molecule has 0 bridgehead atoms. The molecule has 0 spiro atoms. The lowest BCUT2D eigenvalue weighted by Crippen LogP contribution is -2.33. The molecule has 0 aromatic carbocycles. The zero-order chi connectivity index (χ0) is 9.10. The molecule has 13 heavy (non-hydrogen) atoms. The normalized spacial score (nSPS) is 24.8. The van der Waals surface area contributed by atoms with Crippen LogP contribution in [0.15, 0.2) is 5.38 Å². The van der Waals surface area contributed by atoms with Crippen LogP contribution in [-0.2, 0) is 6.42 Å². The first-order valence-corrected chi connectivity index (χ1v) is 5.33. The van der Waals surface area contributed by atoms with Gasteiger partial charge in [0.25, 0.3) is 0 Å². The minimum Gasteiger partial charge on any atom is -0.311 e. The highest BCUT2D eigenvalue weighted by Gasteiger charge is 2.24. The predicted octanol–water partition coefficient (Wildman–Crippen LogP) is 1.17. The monoisotopic (exact) mass is 201 g/mol. The summed E-state index contributed by atoms with van der Waals surface area (Å²) in [6, 6.07) is 0.0294. The average Bonchev–Trinajstić information content (AvgIpc) is 2.74. The van der Waals surface area contributed by atoms with E-state index in [-0.39, 0.29) is 6.04 Å². The molecule has 0 radical (unpaired) electrons. The van der Waals surface area contributed by atoms with Gasteiger partial charge in [0.2, 0.25) is 0 Å². The lowest BCUT2D eigenvalue weighted by atomic mass is 10.1. The molecule has 0 aliphatic carbocycles. The minimum atomic E-state index is -0.814. The molecule has 1 N–H and O–H groups in total. The van der Waals surface area contributed by atoms with Gasteiger partial charge in [-0.25, -0.2) is 4.39 Å². The van der Waals surface area contributed by atoms with Crippen LogP contribution in [0.3, 0.4) is 0 Å². The van der Waals surface area contributed by atoms with Gasteiger partial charge in [0.15, 0.2) is 0 Å². The van der Waals surface area contributed by atoms with Crippen molar-refractivity contribution in [2.45, 2.75) is 31.5 Å². The van der Waals surface area contributed by atoms with Crippen LogP contribution in [0.2, 0.25) is 0 Å². The summed E-state index contributed by atoms with van der Waals surface area (Å²) in [7, 11) is 0. The second-order valence-electron chi connectivity index (χ2n) is 3.32. The number of hydrogen-bond acceptors (Lipinski definition) is 4. The van der Waals surface area contributed by atoms with Crippen molar-refractivity contribution in [3.8, 4) is 0 Å². The van der Waals surface area contributed by atoms with Crippen molar-refractivity contribution in [3.63, 3.8) is 0 Å². The van der Waals surface area contributed by atoms with Crippen molar-refractivity contribution in [1.29, 1.82) is 0 Å². The van der Waals surface area contributed by atoms with E-state index in [1.807, 2.05) is 5.38 Å². The van der Waals surface area contributed by atoms with Crippen LogP contribution in [0.1, 0.15) is 18.5 Å². The van der Waals surface area contributed by atoms with E-state index >= 15 is 0 Å². The van der Waals surface area contributed by atoms with Gasteiger partial charge < -0.3 is 5.32 Å². The Labute approximate surface area is 80.5 Å². The molecule has 1 fully saturated rings. The Balaban J connectivity index is 1.87. The first-order valence-electron chi connectivity index (χ1n) is 4.49. The molecule has 3 nitrogen and oxygen atoms in total. The van der Waals surface area contributed by atoms with Crippen LogP contribution >= 0.6 is 11.5 Å². The van der Waals surface area contributed by atoms with E-state index < -0.39 is 6.17 Å². The molecule has 2 atom stereocenters. The standard InChI is InChI=1S/C8H12FN3S/c9-7(8-2-1-3-10-8)4-6-5-13-12-11-6/h5,7-8,10H,1-4H2. The second kappa shape index (κ2) is 4.11. The van der Waals surface area contributed by atoms with Crippen LogP contribution < -0.4 is 5.32 Å². The molecule has 2 unspecified atom stereocenters. The summed E-state index contributed by atoms with van der Waals surface area (Å²) < 4.78 is 17.3. The quantitative estimate of drug-likeness (QED) is 0.797. The van der Waals surface area contributed by atoms with Crippen LogP contribution in [-0.4, -0.2) is 28.3 Å². The molecule has 1 aromatic rings. The zero-order valence-electron chi connectivity index (χ0n) is 7.24. The Hall–Kier alpha value is -0.550. The fourth-order valence-corrected chi connectivity index (χ4v) is 2.10. The van der Waals surface area contributed by atoms with Crippen LogP contribution in [0.4, 0.5) is 4.39 Å². The number of hydrogen-bond donors (Lipinski definition) is 1. The molecular weight excluding hydrogens is 189 g/mol. The lowest BCUT2D eigenvalue weighted by Gasteiger charge is -2.14. The molecule has 1 aromatic heterocycles. The highest BCUT2D eigenvalue weighted by molar-refractivity contribution is 7.03. The van der Waals surface area contributed by atoms with E-state index in [1.165, 1.54) is 11.5 Å². The second-order valence-corrected chi connectivity index (χ2v) is 3.93. The molecule has 1 aliphatic rings. The van der Waals surface area contributed by atoms with Gasteiger partial charge in [-0.3, -0.25) is 0 Å². The maximum absolute atomic E-state index is 13.5. The molecule has 0 saturated carbocycles. The molecule has 1 aliphatic heterocycles.